The summed E-state index contributed by atoms with van der Waals surface area (Å²) in [6.45, 7) is 3.26. The molecular weight excluding hydrogens is 285 g/mol. The maximum absolute atomic E-state index is 13.6. The highest BCUT2D eigenvalue weighted by Crippen LogP contribution is 2.29. The molecule has 1 fully saturated rings. The molecule has 0 bridgehead atoms. The number of aliphatic hydroxyl groups excluding tert-OH is 1. The molecule has 5 heteroatoms. The third-order valence-electron chi connectivity index (χ3n) is 4.15. The zero-order chi connectivity index (χ0) is 16.0. The lowest BCUT2D eigenvalue weighted by Gasteiger charge is -2.35. The molecule has 1 aliphatic heterocycles. The highest BCUT2D eigenvalue weighted by Gasteiger charge is 2.32. The van der Waals surface area contributed by atoms with Gasteiger partial charge in [-0.25, -0.2) is 4.39 Å². The number of aliphatic hydroxyl groups is 1. The number of rotatable bonds is 5. The van der Waals surface area contributed by atoms with Crippen molar-refractivity contribution in [3.8, 4) is 0 Å². The molecule has 1 aromatic rings. The Labute approximate surface area is 130 Å². The average molecular weight is 307 g/mol. The van der Waals surface area contributed by atoms with Gasteiger partial charge >= 0.3 is 0 Å². The Morgan fingerprint density at radius 3 is 2.73 bits per heavy atom. The van der Waals surface area contributed by atoms with Crippen LogP contribution in [0.2, 0.25) is 0 Å². The first-order valence-electron chi connectivity index (χ1n) is 7.46. The number of amides is 1. The molecule has 1 amide bonds. The quantitative estimate of drug-likeness (QED) is 0.819. The van der Waals surface area contributed by atoms with Crippen LogP contribution in [-0.2, 0) is 9.53 Å². The van der Waals surface area contributed by atoms with Crippen molar-refractivity contribution in [2.45, 2.75) is 19.8 Å². The molecule has 0 atom stereocenters. The van der Waals surface area contributed by atoms with E-state index in [1.165, 1.54) is 12.1 Å². The number of carbonyl (C=O) groups is 1. The molecule has 1 aliphatic rings. The van der Waals surface area contributed by atoms with Gasteiger partial charge in [0.2, 0.25) is 5.91 Å². The standard InChI is InChI=1S/C17H22FNO3/c1-13(10-14-4-2-3-5-15(14)18)16(21)19-11-17(12-20)6-8-22-9-7-17/h2-5,10,20H,6-9,11-12H2,1H3,(H,19,21)/b13-10+. The lowest BCUT2D eigenvalue weighted by atomic mass is 9.81. The van der Waals surface area contributed by atoms with Crippen LogP contribution in [0.15, 0.2) is 29.8 Å². The van der Waals surface area contributed by atoms with Gasteiger partial charge in [0.05, 0.1) is 6.61 Å². The molecule has 1 saturated heterocycles. The summed E-state index contributed by atoms with van der Waals surface area (Å²) in [5.74, 6) is -0.603. The second-order valence-corrected chi connectivity index (χ2v) is 5.80. The van der Waals surface area contributed by atoms with Gasteiger partial charge in [-0.2, -0.15) is 0 Å². The van der Waals surface area contributed by atoms with Crippen molar-refractivity contribution in [1.82, 2.24) is 5.32 Å². The molecule has 0 spiro atoms. The van der Waals surface area contributed by atoms with E-state index in [0.717, 1.165) is 12.8 Å². The van der Waals surface area contributed by atoms with Crippen LogP contribution in [0, 0.1) is 11.2 Å². The van der Waals surface area contributed by atoms with Gasteiger partial charge in [0.25, 0.3) is 0 Å². The third-order valence-corrected chi connectivity index (χ3v) is 4.15. The summed E-state index contributed by atoms with van der Waals surface area (Å²) in [7, 11) is 0. The first kappa shape index (κ1) is 16.6. The van der Waals surface area contributed by atoms with E-state index in [1.54, 1.807) is 25.1 Å². The number of hydrogen-bond acceptors (Lipinski definition) is 3. The fourth-order valence-electron chi connectivity index (χ4n) is 2.49. The molecule has 22 heavy (non-hydrogen) atoms. The molecule has 2 rings (SSSR count). The molecule has 2 N–H and O–H groups in total. The van der Waals surface area contributed by atoms with E-state index in [4.69, 9.17) is 4.74 Å². The van der Waals surface area contributed by atoms with Gasteiger partial charge in [-0.05, 0) is 31.9 Å². The van der Waals surface area contributed by atoms with Crippen molar-refractivity contribution in [2.75, 3.05) is 26.4 Å². The van der Waals surface area contributed by atoms with Gasteiger partial charge in [0.1, 0.15) is 5.82 Å². The van der Waals surface area contributed by atoms with Crippen LogP contribution >= 0.6 is 0 Å². The lowest BCUT2D eigenvalue weighted by Crippen LogP contribution is -2.43. The van der Waals surface area contributed by atoms with Gasteiger partial charge in [-0.3, -0.25) is 4.79 Å². The number of halogens is 1. The number of hydrogen-bond donors (Lipinski definition) is 2. The smallest absolute Gasteiger partial charge is 0.246 e. The molecule has 1 aromatic carbocycles. The van der Waals surface area contributed by atoms with E-state index >= 15 is 0 Å². The van der Waals surface area contributed by atoms with Gasteiger partial charge in [0.15, 0.2) is 0 Å². The van der Waals surface area contributed by atoms with Gasteiger partial charge in [0, 0.05) is 36.3 Å². The van der Waals surface area contributed by atoms with Crippen molar-refractivity contribution < 1.29 is 19.0 Å². The second kappa shape index (κ2) is 7.51. The molecule has 120 valence electrons. The summed E-state index contributed by atoms with van der Waals surface area (Å²) < 4.78 is 18.9. The van der Waals surface area contributed by atoms with E-state index in [0.29, 0.717) is 30.9 Å². The summed E-state index contributed by atoms with van der Waals surface area (Å²) in [5, 5.41) is 12.4. The fraction of sp³-hybridized carbons (Fsp3) is 0.471. The Morgan fingerprint density at radius 2 is 2.09 bits per heavy atom. The number of carbonyl (C=O) groups excluding carboxylic acids is 1. The van der Waals surface area contributed by atoms with Crippen molar-refractivity contribution in [3.63, 3.8) is 0 Å². The average Bonchev–Trinajstić information content (AvgIpc) is 2.55. The molecule has 0 saturated carbocycles. The zero-order valence-corrected chi connectivity index (χ0v) is 12.8. The topological polar surface area (TPSA) is 58.6 Å². The van der Waals surface area contributed by atoms with E-state index in [9.17, 15) is 14.3 Å². The minimum Gasteiger partial charge on any atom is -0.396 e. The molecule has 0 radical (unpaired) electrons. The highest BCUT2D eigenvalue weighted by atomic mass is 19.1. The highest BCUT2D eigenvalue weighted by molar-refractivity contribution is 5.97. The van der Waals surface area contributed by atoms with Gasteiger partial charge in [-0.1, -0.05) is 18.2 Å². The van der Waals surface area contributed by atoms with Crippen LogP contribution in [0.5, 0.6) is 0 Å². The Morgan fingerprint density at radius 1 is 1.41 bits per heavy atom. The normalized spacial score (nSPS) is 18.0. The Balaban J connectivity index is 1.98. The van der Waals surface area contributed by atoms with Crippen LogP contribution in [0.3, 0.4) is 0 Å². The van der Waals surface area contributed by atoms with Crippen molar-refractivity contribution in [3.05, 3.63) is 41.2 Å². The Kier molecular flexibility index (Phi) is 5.69. The molecule has 4 nitrogen and oxygen atoms in total. The Bertz CT molecular complexity index is 551. The summed E-state index contributed by atoms with van der Waals surface area (Å²) in [4.78, 5) is 12.1. The summed E-state index contributed by atoms with van der Waals surface area (Å²) in [6, 6.07) is 6.32. The minimum atomic E-state index is -0.356. The van der Waals surface area contributed by atoms with Crippen molar-refractivity contribution in [1.29, 1.82) is 0 Å². The van der Waals surface area contributed by atoms with Crippen LogP contribution in [0.1, 0.15) is 25.3 Å². The predicted octanol–water partition coefficient (Wildman–Crippen LogP) is 2.13. The van der Waals surface area contributed by atoms with Crippen LogP contribution in [-0.4, -0.2) is 37.4 Å². The SMILES string of the molecule is C/C(=C\c1ccccc1F)C(=O)NCC1(CO)CCOCC1. The number of benzene rings is 1. The molecule has 1 heterocycles. The summed E-state index contributed by atoms with van der Waals surface area (Å²) >= 11 is 0. The second-order valence-electron chi connectivity index (χ2n) is 5.80. The minimum absolute atomic E-state index is 0.0206. The van der Waals surface area contributed by atoms with E-state index in [1.807, 2.05) is 0 Å². The van der Waals surface area contributed by atoms with Crippen LogP contribution < -0.4 is 5.32 Å². The summed E-state index contributed by atoms with van der Waals surface area (Å²) in [5.41, 5.74) is 0.509. The van der Waals surface area contributed by atoms with Crippen molar-refractivity contribution in [2.24, 2.45) is 5.41 Å². The van der Waals surface area contributed by atoms with Crippen LogP contribution in [0.25, 0.3) is 6.08 Å². The molecular formula is C17H22FNO3. The van der Waals surface area contributed by atoms with E-state index in [-0.39, 0.29) is 23.7 Å². The predicted molar refractivity (Wildman–Crippen MR) is 82.6 cm³/mol. The van der Waals surface area contributed by atoms with Crippen molar-refractivity contribution >= 4 is 12.0 Å². The van der Waals surface area contributed by atoms with E-state index in [2.05, 4.69) is 5.32 Å². The Hall–Kier alpha value is -1.72. The maximum atomic E-state index is 13.6. The zero-order valence-electron chi connectivity index (χ0n) is 12.8. The van der Waals surface area contributed by atoms with Gasteiger partial charge in [-0.15, -0.1) is 0 Å². The molecule has 0 unspecified atom stereocenters. The van der Waals surface area contributed by atoms with E-state index < -0.39 is 0 Å². The largest absolute Gasteiger partial charge is 0.396 e. The first-order valence-corrected chi connectivity index (χ1v) is 7.46. The molecule has 0 aromatic heterocycles. The maximum Gasteiger partial charge on any atom is 0.246 e. The third kappa shape index (κ3) is 4.15. The summed E-state index contributed by atoms with van der Waals surface area (Å²) in [6.07, 6.45) is 2.97. The number of ether oxygens (including phenoxy) is 1. The van der Waals surface area contributed by atoms with Gasteiger partial charge < -0.3 is 15.2 Å². The van der Waals surface area contributed by atoms with Crippen LogP contribution in [0.4, 0.5) is 4.39 Å². The lowest BCUT2D eigenvalue weighted by molar-refractivity contribution is -0.118. The first-order chi connectivity index (χ1) is 10.6. The fourth-order valence-corrected chi connectivity index (χ4v) is 2.49. The number of nitrogens with one attached hydrogen (secondary N) is 1. The monoisotopic (exact) mass is 307 g/mol. The molecule has 0 aliphatic carbocycles.